The van der Waals surface area contributed by atoms with Gasteiger partial charge in [0.1, 0.15) is 5.82 Å². The van der Waals surface area contributed by atoms with E-state index in [1.807, 2.05) is 6.92 Å². The van der Waals surface area contributed by atoms with Crippen molar-refractivity contribution in [1.82, 2.24) is 5.32 Å². The molecule has 1 N–H and O–H groups in total. The van der Waals surface area contributed by atoms with E-state index in [1.54, 1.807) is 19.1 Å². The van der Waals surface area contributed by atoms with E-state index in [9.17, 15) is 9.18 Å². The molecule has 0 aliphatic rings. The molecule has 0 amide bonds. The molecule has 1 unspecified atom stereocenters. The van der Waals surface area contributed by atoms with Gasteiger partial charge in [0, 0.05) is 6.04 Å². The van der Waals surface area contributed by atoms with Gasteiger partial charge in [0.15, 0.2) is 0 Å². The van der Waals surface area contributed by atoms with Crippen LogP contribution in [0.4, 0.5) is 4.39 Å². The fourth-order valence-corrected chi connectivity index (χ4v) is 1.93. The number of rotatable bonds is 7. The summed E-state index contributed by atoms with van der Waals surface area (Å²) in [5, 5.41) is 3.30. The van der Waals surface area contributed by atoms with Gasteiger partial charge in [0.25, 0.3) is 0 Å². The molecular weight excluding hydrogens is 269 g/mol. The second kappa shape index (κ2) is 8.12. The highest BCUT2D eigenvalue weighted by Crippen LogP contribution is 2.23. The van der Waals surface area contributed by atoms with Crippen molar-refractivity contribution in [3.63, 3.8) is 0 Å². The molecule has 0 aliphatic heterocycles. The van der Waals surface area contributed by atoms with E-state index >= 15 is 0 Å². The Morgan fingerprint density at radius 3 is 2.79 bits per heavy atom. The zero-order valence-corrected chi connectivity index (χ0v) is 12.0. The van der Waals surface area contributed by atoms with Crippen LogP contribution >= 0.6 is 11.6 Å². The minimum absolute atomic E-state index is 0.0599. The van der Waals surface area contributed by atoms with E-state index in [-0.39, 0.29) is 23.5 Å². The average molecular weight is 288 g/mol. The quantitative estimate of drug-likeness (QED) is 0.780. The summed E-state index contributed by atoms with van der Waals surface area (Å²) in [6.45, 7) is 4.91. The third-order valence-electron chi connectivity index (χ3n) is 2.66. The number of hydrogen-bond donors (Lipinski definition) is 1. The standard InChI is InChI=1S/C14H19ClFNO2/c1-3-7-17-13(9-14(18)19-4-2)10-5-6-12(16)11(15)8-10/h5-6,8,13,17H,3-4,7,9H2,1-2H3. The van der Waals surface area contributed by atoms with Crippen molar-refractivity contribution >= 4 is 17.6 Å². The van der Waals surface area contributed by atoms with Crippen molar-refractivity contribution in [3.05, 3.63) is 34.6 Å². The lowest BCUT2D eigenvalue weighted by Gasteiger charge is -2.18. The van der Waals surface area contributed by atoms with Gasteiger partial charge >= 0.3 is 5.97 Å². The van der Waals surface area contributed by atoms with Crippen molar-refractivity contribution in [2.75, 3.05) is 13.2 Å². The molecular formula is C14H19ClFNO2. The molecule has 106 valence electrons. The fraction of sp³-hybridized carbons (Fsp3) is 0.500. The van der Waals surface area contributed by atoms with Crippen LogP contribution < -0.4 is 5.32 Å². The third kappa shape index (κ3) is 5.17. The Morgan fingerprint density at radius 2 is 2.21 bits per heavy atom. The number of hydrogen-bond acceptors (Lipinski definition) is 3. The van der Waals surface area contributed by atoms with E-state index in [0.717, 1.165) is 18.5 Å². The Kier molecular flexibility index (Phi) is 6.81. The van der Waals surface area contributed by atoms with Gasteiger partial charge in [-0.1, -0.05) is 24.6 Å². The van der Waals surface area contributed by atoms with Crippen LogP contribution in [-0.4, -0.2) is 19.1 Å². The summed E-state index contributed by atoms with van der Waals surface area (Å²) in [4.78, 5) is 11.6. The number of carbonyl (C=O) groups is 1. The first-order chi connectivity index (χ1) is 9.08. The van der Waals surface area contributed by atoms with Gasteiger partial charge < -0.3 is 10.1 Å². The van der Waals surface area contributed by atoms with Gasteiger partial charge in [0.05, 0.1) is 18.1 Å². The molecule has 5 heteroatoms. The molecule has 1 aromatic carbocycles. The van der Waals surface area contributed by atoms with Crippen molar-refractivity contribution in [1.29, 1.82) is 0 Å². The molecule has 0 bridgehead atoms. The summed E-state index contributed by atoms with van der Waals surface area (Å²) < 4.78 is 18.1. The van der Waals surface area contributed by atoms with Gasteiger partial charge in [0.2, 0.25) is 0 Å². The Labute approximate surface area is 118 Å². The Morgan fingerprint density at radius 1 is 1.47 bits per heavy atom. The lowest BCUT2D eigenvalue weighted by molar-refractivity contribution is -0.143. The van der Waals surface area contributed by atoms with Crippen LogP contribution in [0.5, 0.6) is 0 Å². The van der Waals surface area contributed by atoms with E-state index in [0.29, 0.717) is 6.61 Å². The van der Waals surface area contributed by atoms with E-state index in [2.05, 4.69) is 5.32 Å². The van der Waals surface area contributed by atoms with Crippen LogP contribution in [0.25, 0.3) is 0 Å². The van der Waals surface area contributed by atoms with Crippen LogP contribution in [0.1, 0.15) is 38.3 Å². The minimum Gasteiger partial charge on any atom is -0.466 e. The molecule has 1 atom stereocenters. The first kappa shape index (κ1) is 15.9. The minimum atomic E-state index is -0.462. The van der Waals surface area contributed by atoms with Gasteiger partial charge in [-0.15, -0.1) is 0 Å². The van der Waals surface area contributed by atoms with Crippen LogP contribution in [0.2, 0.25) is 5.02 Å². The molecule has 0 aromatic heterocycles. The lowest BCUT2D eigenvalue weighted by atomic mass is 10.0. The van der Waals surface area contributed by atoms with Crippen molar-refractivity contribution in [2.24, 2.45) is 0 Å². The zero-order valence-electron chi connectivity index (χ0n) is 11.2. The summed E-state index contributed by atoms with van der Waals surface area (Å²) in [6, 6.07) is 4.28. The highest BCUT2D eigenvalue weighted by Gasteiger charge is 2.17. The van der Waals surface area contributed by atoms with Crippen LogP contribution in [-0.2, 0) is 9.53 Å². The summed E-state index contributed by atoms with van der Waals surface area (Å²) >= 11 is 5.77. The number of halogens is 2. The van der Waals surface area contributed by atoms with Crippen LogP contribution in [0.15, 0.2) is 18.2 Å². The van der Waals surface area contributed by atoms with Gasteiger partial charge in [-0.3, -0.25) is 4.79 Å². The monoisotopic (exact) mass is 287 g/mol. The van der Waals surface area contributed by atoms with Gasteiger partial charge in [-0.2, -0.15) is 0 Å². The maximum absolute atomic E-state index is 13.2. The predicted molar refractivity (Wildman–Crippen MR) is 73.7 cm³/mol. The topological polar surface area (TPSA) is 38.3 Å². The largest absolute Gasteiger partial charge is 0.466 e. The van der Waals surface area contributed by atoms with Crippen LogP contribution in [0, 0.1) is 5.82 Å². The highest BCUT2D eigenvalue weighted by molar-refractivity contribution is 6.30. The number of nitrogens with one attached hydrogen (secondary N) is 1. The van der Waals surface area contributed by atoms with Crippen molar-refractivity contribution in [3.8, 4) is 0 Å². The number of benzene rings is 1. The second-order valence-corrected chi connectivity index (χ2v) is 4.60. The third-order valence-corrected chi connectivity index (χ3v) is 2.95. The molecule has 0 aliphatic carbocycles. The molecule has 1 aromatic rings. The number of esters is 1. The second-order valence-electron chi connectivity index (χ2n) is 4.19. The Hall–Kier alpha value is -1.13. The lowest BCUT2D eigenvalue weighted by Crippen LogP contribution is -2.25. The Bertz CT molecular complexity index is 426. The number of ether oxygens (including phenoxy) is 1. The molecule has 3 nitrogen and oxygen atoms in total. The maximum atomic E-state index is 13.2. The normalized spacial score (nSPS) is 12.2. The SMILES string of the molecule is CCCNC(CC(=O)OCC)c1ccc(F)c(Cl)c1. The fourth-order valence-electron chi connectivity index (χ4n) is 1.74. The van der Waals surface area contributed by atoms with E-state index < -0.39 is 5.82 Å². The van der Waals surface area contributed by atoms with Gasteiger partial charge in [-0.05, 0) is 37.6 Å². The van der Waals surface area contributed by atoms with Crippen LogP contribution in [0.3, 0.4) is 0 Å². The van der Waals surface area contributed by atoms with Crippen molar-refractivity contribution in [2.45, 2.75) is 32.7 Å². The first-order valence-electron chi connectivity index (χ1n) is 6.42. The van der Waals surface area contributed by atoms with E-state index in [4.69, 9.17) is 16.3 Å². The molecule has 19 heavy (non-hydrogen) atoms. The maximum Gasteiger partial charge on any atom is 0.307 e. The molecule has 0 heterocycles. The van der Waals surface area contributed by atoms with E-state index in [1.165, 1.54) is 6.07 Å². The molecule has 0 saturated heterocycles. The summed E-state index contributed by atoms with van der Waals surface area (Å²) in [5.74, 6) is -0.743. The smallest absolute Gasteiger partial charge is 0.307 e. The molecule has 0 spiro atoms. The molecule has 0 saturated carbocycles. The average Bonchev–Trinajstić information content (AvgIpc) is 2.38. The zero-order chi connectivity index (χ0) is 14.3. The van der Waals surface area contributed by atoms with Crippen molar-refractivity contribution < 1.29 is 13.9 Å². The first-order valence-corrected chi connectivity index (χ1v) is 6.80. The molecule has 0 radical (unpaired) electrons. The summed E-state index contributed by atoms with van der Waals surface area (Å²) in [5.41, 5.74) is 0.785. The predicted octanol–water partition coefficient (Wildman–Crippen LogP) is 3.47. The molecule has 0 fully saturated rings. The number of carbonyl (C=O) groups excluding carboxylic acids is 1. The Balaban J connectivity index is 2.82. The van der Waals surface area contributed by atoms with Gasteiger partial charge in [-0.25, -0.2) is 4.39 Å². The highest BCUT2D eigenvalue weighted by atomic mass is 35.5. The molecule has 1 rings (SSSR count). The summed E-state index contributed by atoms with van der Waals surface area (Å²) in [7, 11) is 0. The summed E-state index contributed by atoms with van der Waals surface area (Å²) in [6.07, 6.45) is 1.14.